The van der Waals surface area contributed by atoms with Crippen LogP contribution in [0.3, 0.4) is 0 Å². The van der Waals surface area contributed by atoms with Crippen molar-refractivity contribution >= 4 is 23.7 Å². The van der Waals surface area contributed by atoms with E-state index in [1.807, 2.05) is 25.1 Å². The van der Waals surface area contributed by atoms with E-state index in [1.54, 1.807) is 11.8 Å². The number of benzene rings is 1. The van der Waals surface area contributed by atoms with Gasteiger partial charge in [0.15, 0.2) is 0 Å². The van der Waals surface area contributed by atoms with Crippen molar-refractivity contribution in [3.8, 4) is 0 Å². The Hall–Kier alpha value is -2.05. The van der Waals surface area contributed by atoms with E-state index in [0.717, 1.165) is 30.6 Å². The first-order chi connectivity index (χ1) is 17.5. The highest BCUT2D eigenvalue weighted by atomic mass is 32.2. The molecule has 0 bridgehead atoms. The summed E-state index contributed by atoms with van der Waals surface area (Å²) in [5.41, 5.74) is 0. The molecule has 0 radical (unpaired) electrons. The second-order valence-corrected chi connectivity index (χ2v) is 10.7. The van der Waals surface area contributed by atoms with Crippen LogP contribution in [0.2, 0.25) is 0 Å². The Kier molecular flexibility index (Phi) is 14.6. The summed E-state index contributed by atoms with van der Waals surface area (Å²) in [6, 6.07) is 10.3. The lowest BCUT2D eigenvalue weighted by Gasteiger charge is -2.30. The number of aliphatic hydroxyl groups is 1. The number of carbonyl (C=O) groups excluding carboxylic acids is 2. The molecule has 0 aromatic heterocycles. The van der Waals surface area contributed by atoms with E-state index in [4.69, 9.17) is 9.47 Å². The highest BCUT2D eigenvalue weighted by molar-refractivity contribution is 8.00. The van der Waals surface area contributed by atoms with Crippen LogP contribution in [0.1, 0.15) is 78.6 Å². The van der Waals surface area contributed by atoms with Crippen molar-refractivity contribution in [2.75, 3.05) is 6.61 Å². The van der Waals surface area contributed by atoms with Gasteiger partial charge in [-0.25, -0.2) is 0 Å². The van der Waals surface area contributed by atoms with Crippen LogP contribution in [0, 0.1) is 11.8 Å². The van der Waals surface area contributed by atoms with Gasteiger partial charge in [0.25, 0.3) is 0 Å². The van der Waals surface area contributed by atoms with E-state index in [0.29, 0.717) is 25.9 Å². The minimum Gasteiger partial charge on any atom is -0.466 e. The Morgan fingerprint density at radius 1 is 1.08 bits per heavy atom. The zero-order valence-corrected chi connectivity index (χ0v) is 23.0. The van der Waals surface area contributed by atoms with Gasteiger partial charge in [0.2, 0.25) is 0 Å². The van der Waals surface area contributed by atoms with Crippen LogP contribution in [0.15, 0.2) is 59.5 Å². The molecule has 1 aromatic rings. The predicted octanol–water partition coefficient (Wildman–Crippen LogP) is 6.89. The van der Waals surface area contributed by atoms with Crippen LogP contribution in [0.5, 0.6) is 0 Å². The summed E-state index contributed by atoms with van der Waals surface area (Å²) < 4.78 is 10.7. The van der Waals surface area contributed by atoms with E-state index >= 15 is 0 Å². The van der Waals surface area contributed by atoms with Gasteiger partial charge in [0.1, 0.15) is 6.10 Å². The molecular weight excluding hydrogens is 472 g/mol. The van der Waals surface area contributed by atoms with Gasteiger partial charge in [0.05, 0.1) is 12.7 Å². The average Bonchev–Trinajstić information content (AvgIpc) is 3.14. The van der Waals surface area contributed by atoms with Crippen LogP contribution in [0.4, 0.5) is 0 Å². The number of carbonyl (C=O) groups is 2. The molecule has 5 nitrogen and oxygen atoms in total. The standard InChI is InChI=1S/C30H44O5S/c1-4-6-7-8-15-20-28(36-24-17-12-11-13-18-24)30-25(26(32)22-27(30)35-23(3)31)19-14-9-10-16-21-29(33)34-5-2/h9,11-15,17-18,20,25-28,30,32H,4-8,10,16,19,21-22H2,1-3H3/b14-9-,20-15+/t25-,26+,27-,28+,30-/m1/s1. The molecule has 200 valence electrons. The first-order valence-corrected chi connectivity index (χ1v) is 14.4. The summed E-state index contributed by atoms with van der Waals surface area (Å²) in [4.78, 5) is 24.6. The third-order valence-corrected chi connectivity index (χ3v) is 7.82. The second kappa shape index (κ2) is 17.4. The molecule has 1 fully saturated rings. The number of ether oxygens (including phenoxy) is 2. The van der Waals surface area contributed by atoms with Crippen molar-refractivity contribution in [1.82, 2.24) is 0 Å². The summed E-state index contributed by atoms with van der Waals surface area (Å²) in [5.74, 6) is -0.478. The van der Waals surface area contributed by atoms with Gasteiger partial charge < -0.3 is 14.6 Å². The maximum Gasteiger partial charge on any atom is 0.305 e. The summed E-state index contributed by atoms with van der Waals surface area (Å²) >= 11 is 1.78. The van der Waals surface area contributed by atoms with E-state index in [2.05, 4.69) is 43.4 Å². The van der Waals surface area contributed by atoms with Gasteiger partial charge in [-0.05, 0) is 57.1 Å². The molecule has 0 unspecified atom stereocenters. The van der Waals surface area contributed by atoms with E-state index in [1.165, 1.54) is 19.8 Å². The molecule has 5 atom stereocenters. The SMILES string of the molecule is CCCCC/C=C/[C@H](Sc1ccccc1)[C@@H]1[C@H](C/C=C\CCCC(=O)OCC)[C@@H](O)C[C@H]1OC(C)=O. The Morgan fingerprint density at radius 2 is 1.83 bits per heavy atom. The molecule has 1 N–H and O–H groups in total. The van der Waals surface area contributed by atoms with Crippen molar-refractivity contribution in [3.63, 3.8) is 0 Å². The normalized spacial score (nSPS) is 22.8. The summed E-state index contributed by atoms with van der Waals surface area (Å²) in [6.07, 6.45) is 15.6. The zero-order chi connectivity index (χ0) is 26.2. The lowest BCUT2D eigenvalue weighted by atomic mass is 9.87. The van der Waals surface area contributed by atoms with E-state index < -0.39 is 6.10 Å². The van der Waals surface area contributed by atoms with Crippen molar-refractivity contribution in [3.05, 3.63) is 54.6 Å². The van der Waals surface area contributed by atoms with Crippen molar-refractivity contribution < 1.29 is 24.2 Å². The third kappa shape index (κ3) is 10.9. The third-order valence-electron chi connectivity index (χ3n) is 6.54. The number of hydrogen-bond acceptors (Lipinski definition) is 6. The minimum absolute atomic E-state index is 0.000660. The first-order valence-electron chi connectivity index (χ1n) is 13.5. The van der Waals surface area contributed by atoms with Gasteiger partial charge in [-0.2, -0.15) is 0 Å². The number of rotatable bonds is 16. The monoisotopic (exact) mass is 516 g/mol. The number of hydrogen-bond donors (Lipinski definition) is 1. The van der Waals surface area contributed by atoms with Crippen LogP contribution < -0.4 is 0 Å². The van der Waals surface area contributed by atoms with E-state index in [9.17, 15) is 14.7 Å². The van der Waals surface area contributed by atoms with Gasteiger partial charge in [-0.1, -0.05) is 62.3 Å². The first kappa shape index (κ1) is 30.2. The molecule has 2 rings (SSSR count). The Labute approximate surface area is 221 Å². The fourth-order valence-electron chi connectivity index (χ4n) is 4.82. The summed E-state index contributed by atoms with van der Waals surface area (Å²) in [6.45, 7) is 5.87. The quantitative estimate of drug-likeness (QED) is 0.112. The average molecular weight is 517 g/mol. The van der Waals surface area contributed by atoms with Gasteiger partial charge in [-0.15, -0.1) is 11.8 Å². The topological polar surface area (TPSA) is 72.8 Å². The van der Waals surface area contributed by atoms with Crippen molar-refractivity contribution in [2.24, 2.45) is 11.8 Å². The largest absolute Gasteiger partial charge is 0.466 e. The van der Waals surface area contributed by atoms with Crippen LogP contribution in [-0.4, -0.2) is 41.1 Å². The summed E-state index contributed by atoms with van der Waals surface area (Å²) in [7, 11) is 0. The highest BCUT2D eigenvalue weighted by Crippen LogP contribution is 2.45. The number of unbranched alkanes of at least 4 members (excludes halogenated alkanes) is 4. The fourth-order valence-corrected chi connectivity index (χ4v) is 6.18. The van der Waals surface area contributed by atoms with Crippen molar-refractivity contribution in [1.29, 1.82) is 0 Å². The molecule has 0 saturated heterocycles. The second-order valence-electron chi connectivity index (χ2n) is 9.42. The van der Waals surface area contributed by atoms with Crippen LogP contribution in [0.25, 0.3) is 0 Å². The van der Waals surface area contributed by atoms with Gasteiger partial charge in [-0.3, -0.25) is 9.59 Å². The van der Waals surface area contributed by atoms with E-state index in [-0.39, 0.29) is 35.1 Å². The molecule has 1 aliphatic rings. The molecule has 6 heteroatoms. The predicted molar refractivity (Wildman–Crippen MR) is 147 cm³/mol. The van der Waals surface area contributed by atoms with Crippen LogP contribution >= 0.6 is 11.8 Å². The molecule has 0 aliphatic heterocycles. The molecule has 36 heavy (non-hydrogen) atoms. The maximum absolute atomic E-state index is 11.9. The molecule has 1 saturated carbocycles. The minimum atomic E-state index is -0.532. The van der Waals surface area contributed by atoms with Crippen molar-refractivity contribution in [2.45, 2.75) is 101 Å². The molecule has 0 heterocycles. The summed E-state index contributed by atoms with van der Waals surface area (Å²) in [5, 5.41) is 11.1. The Balaban J connectivity index is 2.15. The molecular formula is C30H44O5S. The highest BCUT2D eigenvalue weighted by Gasteiger charge is 2.47. The fraction of sp³-hybridized carbons (Fsp3) is 0.600. The van der Waals surface area contributed by atoms with Gasteiger partial charge in [0, 0.05) is 35.8 Å². The number of allylic oxidation sites excluding steroid dienone is 3. The Morgan fingerprint density at radius 3 is 2.53 bits per heavy atom. The molecule has 1 aliphatic carbocycles. The number of thioether (sulfide) groups is 1. The number of aliphatic hydroxyl groups excluding tert-OH is 1. The zero-order valence-electron chi connectivity index (χ0n) is 22.1. The molecule has 0 spiro atoms. The smallest absolute Gasteiger partial charge is 0.305 e. The van der Waals surface area contributed by atoms with Crippen LogP contribution in [-0.2, 0) is 19.1 Å². The number of esters is 2. The lowest BCUT2D eigenvalue weighted by molar-refractivity contribution is -0.148. The van der Waals surface area contributed by atoms with Gasteiger partial charge >= 0.3 is 11.9 Å². The lowest BCUT2D eigenvalue weighted by Crippen LogP contribution is -2.32. The molecule has 0 amide bonds. The molecule has 1 aromatic carbocycles. The maximum atomic E-state index is 11.9. The Bertz CT molecular complexity index is 822.